The zero-order valence-electron chi connectivity index (χ0n) is 13.5. The largest absolute Gasteiger partial charge is 0.379 e. The molecule has 2 rings (SSSR count). The minimum Gasteiger partial charge on any atom is -0.298 e. The molecule has 6 heteroatoms. The molecule has 2 aromatic rings. The Kier molecular flexibility index (Phi) is 4.04. The van der Waals surface area contributed by atoms with Crippen LogP contribution in [0.2, 0.25) is 0 Å². The fourth-order valence-corrected chi connectivity index (χ4v) is 4.36. The second-order valence-corrected chi connectivity index (χ2v) is 8.76. The van der Waals surface area contributed by atoms with Crippen molar-refractivity contribution in [1.82, 2.24) is 9.38 Å². The van der Waals surface area contributed by atoms with Crippen LogP contribution in [0.4, 0.5) is 0 Å². The van der Waals surface area contributed by atoms with Crippen LogP contribution < -0.4 is 5.44 Å². The van der Waals surface area contributed by atoms with Crippen LogP contribution in [0.1, 0.15) is 41.5 Å². The first-order valence-corrected chi connectivity index (χ1v) is 8.49. The lowest BCUT2D eigenvalue weighted by Gasteiger charge is -2.32. The number of nitrogens with zero attached hydrogens (tertiary/aromatic N) is 2. The second-order valence-electron chi connectivity index (χ2n) is 6.94. The van der Waals surface area contributed by atoms with Crippen LogP contribution in [0.5, 0.6) is 0 Å². The van der Waals surface area contributed by atoms with Crippen LogP contribution in [0, 0.1) is 0 Å². The van der Waals surface area contributed by atoms with Gasteiger partial charge in [-0.25, -0.2) is 4.98 Å². The molecule has 5 nitrogen and oxygen atoms in total. The van der Waals surface area contributed by atoms with Crippen LogP contribution in [0.25, 0.3) is 5.65 Å². The van der Waals surface area contributed by atoms with Crippen molar-refractivity contribution in [3.05, 3.63) is 30.6 Å². The van der Waals surface area contributed by atoms with Crippen LogP contribution >= 0.6 is 7.60 Å². The lowest BCUT2D eigenvalue weighted by molar-refractivity contribution is 0.0544. The highest BCUT2D eigenvalue weighted by atomic mass is 31.2. The van der Waals surface area contributed by atoms with Crippen molar-refractivity contribution in [1.29, 1.82) is 0 Å². The molecule has 0 N–H and O–H groups in total. The summed E-state index contributed by atoms with van der Waals surface area (Å²) in [6.07, 6.45) is 3.42. The van der Waals surface area contributed by atoms with Crippen LogP contribution in [0.15, 0.2) is 30.6 Å². The molecule has 0 aliphatic heterocycles. The smallest absolute Gasteiger partial charge is 0.298 e. The molecule has 0 spiro atoms. The minimum atomic E-state index is -3.50. The van der Waals surface area contributed by atoms with Crippen LogP contribution in [-0.4, -0.2) is 20.6 Å². The van der Waals surface area contributed by atoms with E-state index in [1.165, 1.54) is 0 Å². The Bertz CT molecular complexity index is 660. The van der Waals surface area contributed by atoms with Crippen molar-refractivity contribution >= 4 is 18.7 Å². The molecule has 2 aromatic heterocycles. The van der Waals surface area contributed by atoms with Gasteiger partial charge in [0.1, 0.15) is 11.1 Å². The summed E-state index contributed by atoms with van der Waals surface area (Å²) in [5.41, 5.74) is 0.0117. The van der Waals surface area contributed by atoms with Crippen molar-refractivity contribution in [2.75, 3.05) is 0 Å². The predicted octanol–water partition coefficient (Wildman–Crippen LogP) is 3.78. The molecule has 0 bridgehead atoms. The van der Waals surface area contributed by atoms with Crippen molar-refractivity contribution in [3.8, 4) is 0 Å². The van der Waals surface area contributed by atoms with Gasteiger partial charge in [0, 0.05) is 12.4 Å². The maximum Gasteiger partial charge on any atom is 0.379 e. The molecule has 0 unspecified atom stereocenters. The van der Waals surface area contributed by atoms with Gasteiger partial charge in [-0.15, -0.1) is 0 Å². The maximum absolute atomic E-state index is 13.5. The first kappa shape index (κ1) is 16.2. The lowest BCUT2D eigenvalue weighted by atomic mass is 10.2. The molecule has 0 amide bonds. The number of hydrogen-bond donors (Lipinski definition) is 0. The fraction of sp³-hybridized carbons (Fsp3) is 0.533. The maximum atomic E-state index is 13.5. The van der Waals surface area contributed by atoms with Gasteiger partial charge in [-0.05, 0) is 53.7 Å². The molecule has 2 heterocycles. The van der Waals surface area contributed by atoms with E-state index in [4.69, 9.17) is 9.05 Å². The third kappa shape index (κ3) is 3.94. The van der Waals surface area contributed by atoms with Gasteiger partial charge < -0.3 is 0 Å². The third-order valence-corrected chi connectivity index (χ3v) is 4.98. The average Bonchev–Trinajstić information content (AvgIpc) is 2.70. The molecule has 0 radical (unpaired) electrons. The van der Waals surface area contributed by atoms with Crippen molar-refractivity contribution in [3.63, 3.8) is 0 Å². The summed E-state index contributed by atoms with van der Waals surface area (Å²) in [6, 6.07) is 5.41. The third-order valence-electron chi connectivity index (χ3n) is 2.48. The average molecular weight is 310 g/mol. The number of pyridine rings is 1. The summed E-state index contributed by atoms with van der Waals surface area (Å²) >= 11 is 0. The normalized spacial score (nSPS) is 13.8. The van der Waals surface area contributed by atoms with Gasteiger partial charge in [0.05, 0.1) is 11.2 Å². The lowest BCUT2D eigenvalue weighted by Crippen LogP contribution is -2.30. The van der Waals surface area contributed by atoms with E-state index < -0.39 is 18.8 Å². The van der Waals surface area contributed by atoms with E-state index in [1.807, 2.05) is 53.7 Å². The van der Waals surface area contributed by atoms with Gasteiger partial charge in [0.15, 0.2) is 0 Å². The molecule has 0 saturated heterocycles. The molecule has 116 valence electrons. The van der Waals surface area contributed by atoms with Gasteiger partial charge >= 0.3 is 7.60 Å². The number of imidazole rings is 1. The van der Waals surface area contributed by atoms with Gasteiger partial charge in [-0.3, -0.25) is 18.0 Å². The van der Waals surface area contributed by atoms with E-state index in [-0.39, 0.29) is 0 Å². The summed E-state index contributed by atoms with van der Waals surface area (Å²) in [6.45, 7) is 11.2. The number of hydrogen-bond acceptors (Lipinski definition) is 4. The fourth-order valence-electron chi connectivity index (χ4n) is 1.99. The topological polar surface area (TPSA) is 52.8 Å². The SMILES string of the molecule is CC(C)(C)OP(=O)(OC(C)(C)C)c1cccc2nccn12. The number of aromatic nitrogens is 2. The Morgan fingerprint density at radius 2 is 1.62 bits per heavy atom. The zero-order valence-corrected chi connectivity index (χ0v) is 14.3. The van der Waals surface area contributed by atoms with Gasteiger partial charge in [-0.1, -0.05) is 6.07 Å². The number of fused-ring (bicyclic) bond motifs is 1. The minimum absolute atomic E-state index is 0.488. The zero-order chi connectivity index (χ0) is 15.9. The van der Waals surface area contributed by atoms with Crippen molar-refractivity contribution in [2.45, 2.75) is 52.7 Å². The summed E-state index contributed by atoms with van der Waals surface area (Å²) in [5.74, 6) is 0. The summed E-state index contributed by atoms with van der Waals surface area (Å²) < 4.78 is 26.9. The van der Waals surface area contributed by atoms with E-state index in [1.54, 1.807) is 22.9 Å². The Labute approximate surface area is 125 Å². The predicted molar refractivity (Wildman–Crippen MR) is 84.1 cm³/mol. The molecule has 0 fully saturated rings. The molecule has 21 heavy (non-hydrogen) atoms. The monoisotopic (exact) mass is 310 g/mol. The van der Waals surface area contributed by atoms with Crippen LogP contribution in [0.3, 0.4) is 0 Å². The Hall–Kier alpha value is -1.16. The molecule has 0 saturated carbocycles. The highest BCUT2D eigenvalue weighted by molar-refractivity contribution is 7.62. The summed E-state index contributed by atoms with van der Waals surface area (Å²) in [7, 11) is -3.50. The molecular weight excluding hydrogens is 287 g/mol. The standard InChI is InChI=1S/C15H23N2O3P/c1-14(2,3)19-21(18,20-15(4,5)6)13-9-7-8-12-16-10-11-17(12)13/h7-11H,1-6H3. The van der Waals surface area contributed by atoms with Crippen molar-refractivity contribution in [2.24, 2.45) is 0 Å². The van der Waals surface area contributed by atoms with E-state index in [2.05, 4.69) is 4.98 Å². The van der Waals surface area contributed by atoms with E-state index >= 15 is 0 Å². The Balaban J connectivity index is 2.59. The van der Waals surface area contributed by atoms with Crippen molar-refractivity contribution < 1.29 is 13.6 Å². The molecule has 0 aromatic carbocycles. The highest BCUT2D eigenvalue weighted by Crippen LogP contribution is 2.53. The molecular formula is C15H23N2O3P. The molecule has 0 atom stereocenters. The first-order chi connectivity index (χ1) is 9.50. The Morgan fingerprint density at radius 1 is 1.05 bits per heavy atom. The molecule has 0 aliphatic rings. The van der Waals surface area contributed by atoms with E-state index in [0.717, 1.165) is 0 Å². The second kappa shape index (κ2) is 5.24. The highest BCUT2D eigenvalue weighted by Gasteiger charge is 2.38. The van der Waals surface area contributed by atoms with Gasteiger partial charge in [0.25, 0.3) is 0 Å². The number of rotatable bonds is 3. The van der Waals surface area contributed by atoms with Crippen LogP contribution in [-0.2, 0) is 13.6 Å². The summed E-state index contributed by atoms with van der Waals surface area (Å²) in [5, 5.41) is 0. The van der Waals surface area contributed by atoms with E-state index in [0.29, 0.717) is 11.1 Å². The van der Waals surface area contributed by atoms with E-state index in [9.17, 15) is 4.57 Å². The van der Waals surface area contributed by atoms with Gasteiger partial charge in [-0.2, -0.15) is 0 Å². The Morgan fingerprint density at radius 3 is 2.14 bits per heavy atom. The van der Waals surface area contributed by atoms with Gasteiger partial charge in [0.2, 0.25) is 0 Å². The first-order valence-electron chi connectivity index (χ1n) is 6.94. The summed E-state index contributed by atoms with van der Waals surface area (Å²) in [4.78, 5) is 4.22. The quantitative estimate of drug-likeness (QED) is 0.810. The molecule has 0 aliphatic carbocycles.